The first-order valence-corrected chi connectivity index (χ1v) is 8.50. The number of anilines is 2. The van der Waals surface area contributed by atoms with Crippen LogP contribution in [0.1, 0.15) is 0 Å². The molecule has 0 spiro atoms. The van der Waals surface area contributed by atoms with E-state index in [1.54, 1.807) is 25.1 Å². The Balaban J connectivity index is 1.68. The zero-order valence-electron chi connectivity index (χ0n) is 14.9. The van der Waals surface area contributed by atoms with Gasteiger partial charge in [-0.25, -0.2) is 4.68 Å². The number of aryl methyl sites for hydroxylation is 1. The lowest BCUT2D eigenvalue weighted by Crippen LogP contribution is -2.00. The predicted octanol–water partition coefficient (Wildman–Crippen LogP) is 3.77. The van der Waals surface area contributed by atoms with Crippen LogP contribution in [0.5, 0.6) is 11.5 Å². The van der Waals surface area contributed by atoms with Crippen LogP contribution in [0, 0.1) is 0 Å². The molecule has 0 fully saturated rings. The van der Waals surface area contributed by atoms with Crippen LogP contribution in [0.15, 0.2) is 36.5 Å². The van der Waals surface area contributed by atoms with Crippen molar-refractivity contribution in [1.29, 1.82) is 0 Å². The number of hydrogen-bond acceptors (Lipinski definition) is 6. The Kier molecular flexibility index (Phi) is 4.33. The second-order valence-electron chi connectivity index (χ2n) is 5.84. The minimum Gasteiger partial charge on any atom is -0.493 e. The molecule has 2 aromatic heterocycles. The summed E-state index contributed by atoms with van der Waals surface area (Å²) in [6.45, 7) is 0. The van der Waals surface area contributed by atoms with Crippen molar-refractivity contribution >= 4 is 34.1 Å². The van der Waals surface area contributed by atoms with Gasteiger partial charge in [-0.2, -0.15) is 10.1 Å². The molecular formula is C18H17ClN6O2. The number of aromatic nitrogens is 5. The molecule has 27 heavy (non-hydrogen) atoms. The summed E-state index contributed by atoms with van der Waals surface area (Å²) in [5.74, 6) is 2.38. The highest BCUT2D eigenvalue weighted by Gasteiger charge is 2.14. The lowest BCUT2D eigenvalue weighted by Gasteiger charge is -2.08. The SMILES string of the molecule is COc1ccc(-c2nc(Nc3ccc4[nH]ncc4c3Cl)n(C)n2)cc1OC. The number of aromatic amines is 1. The van der Waals surface area contributed by atoms with Crippen molar-refractivity contribution in [1.82, 2.24) is 25.0 Å². The first-order valence-electron chi connectivity index (χ1n) is 8.12. The molecule has 2 aromatic carbocycles. The third-order valence-corrected chi connectivity index (χ3v) is 4.62. The third-order valence-electron chi connectivity index (χ3n) is 4.21. The van der Waals surface area contributed by atoms with Gasteiger partial charge in [0.25, 0.3) is 0 Å². The molecule has 0 radical (unpaired) electrons. The number of rotatable bonds is 5. The fourth-order valence-electron chi connectivity index (χ4n) is 2.79. The maximum Gasteiger partial charge on any atom is 0.225 e. The van der Waals surface area contributed by atoms with E-state index in [1.165, 1.54) is 0 Å². The number of benzene rings is 2. The van der Waals surface area contributed by atoms with Crippen molar-refractivity contribution < 1.29 is 9.47 Å². The second kappa shape index (κ2) is 6.81. The smallest absolute Gasteiger partial charge is 0.225 e. The minimum absolute atomic E-state index is 0.557. The molecule has 9 heteroatoms. The molecule has 2 heterocycles. The highest BCUT2D eigenvalue weighted by atomic mass is 35.5. The molecule has 0 aliphatic heterocycles. The van der Waals surface area contributed by atoms with E-state index in [2.05, 4.69) is 25.6 Å². The number of hydrogen-bond donors (Lipinski definition) is 2. The van der Waals surface area contributed by atoms with Gasteiger partial charge in [0, 0.05) is 18.0 Å². The van der Waals surface area contributed by atoms with Gasteiger partial charge in [-0.15, -0.1) is 5.10 Å². The lowest BCUT2D eigenvalue weighted by molar-refractivity contribution is 0.355. The molecule has 8 nitrogen and oxygen atoms in total. The standard InChI is InChI=1S/C18H17ClN6O2/c1-25-18(21-13-6-5-12-11(16(13)19)9-20-23-12)22-17(24-25)10-4-7-14(26-2)15(8-10)27-3/h4-9H,1-3H3,(H,20,23)(H,21,22,24). The monoisotopic (exact) mass is 384 g/mol. The van der Waals surface area contributed by atoms with E-state index in [9.17, 15) is 0 Å². The van der Waals surface area contributed by atoms with Crippen LogP contribution >= 0.6 is 11.6 Å². The fourth-order valence-corrected chi connectivity index (χ4v) is 3.05. The fraction of sp³-hybridized carbons (Fsp3) is 0.167. The van der Waals surface area contributed by atoms with Gasteiger partial charge in [0.15, 0.2) is 17.3 Å². The Labute approximate surface area is 160 Å². The van der Waals surface area contributed by atoms with Gasteiger partial charge in [-0.3, -0.25) is 5.10 Å². The zero-order valence-corrected chi connectivity index (χ0v) is 15.7. The molecule has 0 aliphatic rings. The second-order valence-corrected chi connectivity index (χ2v) is 6.21. The Morgan fingerprint density at radius 2 is 1.93 bits per heavy atom. The molecule has 0 saturated heterocycles. The van der Waals surface area contributed by atoms with Crippen LogP contribution in [0.25, 0.3) is 22.3 Å². The van der Waals surface area contributed by atoms with Crippen LogP contribution in [0.4, 0.5) is 11.6 Å². The van der Waals surface area contributed by atoms with E-state index in [0.29, 0.717) is 28.3 Å². The van der Waals surface area contributed by atoms with E-state index >= 15 is 0 Å². The summed E-state index contributed by atoms with van der Waals surface area (Å²) in [7, 11) is 5.00. The Morgan fingerprint density at radius 1 is 1.11 bits per heavy atom. The Bertz CT molecular complexity index is 1120. The normalized spacial score (nSPS) is 11.0. The van der Waals surface area contributed by atoms with Gasteiger partial charge in [0.1, 0.15) is 0 Å². The molecule has 4 rings (SSSR count). The molecule has 138 valence electrons. The van der Waals surface area contributed by atoms with Crippen LogP contribution in [-0.4, -0.2) is 39.2 Å². The summed E-state index contributed by atoms with van der Waals surface area (Å²) >= 11 is 6.47. The van der Waals surface area contributed by atoms with Crippen LogP contribution in [0.3, 0.4) is 0 Å². The van der Waals surface area contributed by atoms with Gasteiger partial charge in [0.2, 0.25) is 5.95 Å². The van der Waals surface area contributed by atoms with E-state index in [4.69, 9.17) is 21.1 Å². The van der Waals surface area contributed by atoms with Gasteiger partial charge < -0.3 is 14.8 Å². The number of nitrogens with one attached hydrogen (secondary N) is 2. The summed E-state index contributed by atoms with van der Waals surface area (Å²) in [4.78, 5) is 4.58. The summed E-state index contributed by atoms with van der Waals surface area (Å²) in [5, 5.41) is 16.0. The van der Waals surface area contributed by atoms with Crippen molar-refractivity contribution in [3.63, 3.8) is 0 Å². The molecule has 0 saturated carbocycles. The minimum atomic E-state index is 0.557. The molecule has 0 aliphatic carbocycles. The molecule has 0 amide bonds. The average Bonchev–Trinajstić information content (AvgIpc) is 3.31. The summed E-state index contributed by atoms with van der Waals surface area (Å²) in [6.07, 6.45) is 1.69. The molecule has 2 N–H and O–H groups in total. The van der Waals surface area contributed by atoms with Gasteiger partial charge in [-0.05, 0) is 30.3 Å². The molecular weight excluding hydrogens is 368 g/mol. The van der Waals surface area contributed by atoms with Crippen molar-refractivity contribution in [2.24, 2.45) is 7.05 Å². The van der Waals surface area contributed by atoms with Crippen molar-refractivity contribution in [2.45, 2.75) is 0 Å². The predicted molar refractivity (Wildman–Crippen MR) is 104 cm³/mol. The molecule has 4 aromatic rings. The quantitative estimate of drug-likeness (QED) is 0.544. The maximum absolute atomic E-state index is 6.47. The van der Waals surface area contributed by atoms with Gasteiger partial charge in [-0.1, -0.05) is 11.6 Å². The first kappa shape index (κ1) is 17.2. The number of ether oxygens (including phenoxy) is 2. The molecule has 0 bridgehead atoms. The van der Waals surface area contributed by atoms with E-state index < -0.39 is 0 Å². The van der Waals surface area contributed by atoms with Crippen LogP contribution in [-0.2, 0) is 7.05 Å². The topological polar surface area (TPSA) is 89.9 Å². The number of methoxy groups -OCH3 is 2. The first-order chi connectivity index (χ1) is 13.1. The number of nitrogens with zero attached hydrogens (tertiary/aromatic N) is 4. The number of halogens is 1. The molecule has 0 unspecified atom stereocenters. The van der Waals surface area contributed by atoms with E-state index in [0.717, 1.165) is 22.2 Å². The highest BCUT2D eigenvalue weighted by molar-refractivity contribution is 6.38. The van der Waals surface area contributed by atoms with Crippen LogP contribution in [0.2, 0.25) is 5.02 Å². The maximum atomic E-state index is 6.47. The van der Waals surface area contributed by atoms with Gasteiger partial charge in [0.05, 0.1) is 36.6 Å². The largest absolute Gasteiger partial charge is 0.493 e. The summed E-state index contributed by atoms with van der Waals surface area (Å²) in [5.41, 5.74) is 2.40. The average molecular weight is 385 g/mol. The van der Waals surface area contributed by atoms with E-state index in [-0.39, 0.29) is 0 Å². The third kappa shape index (κ3) is 3.04. The highest BCUT2D eigenvalue weighted by Crippen LogP contribution is 2.33. The van der Waals surface area contributed by atoms with E-state index in [1.807, 2.05) is 37.4 Å². The van der Waals surface area contributed by atoms with Crippen molar-refractivity contribution in [3.8, 4) is 22.9 Å². The van der Waals surface area contributed by atoms with Crippen molar-refractivity contribution in [3.05, 3.63) is 41.6 Å². The summed E-state index contributed by atoms with van der Waals surface area (Å²) in [6, 6.07) is 9.31. The zero-order chi connectivity index (χ0) is 19.0. The molecule has 0 atom stereocenters. The summed E-state index contributed by atoms with van der Waals surface area (Å²) < 4.78 is 12.3. The van der Waals surface area contributed by atoms with Crippen LogP contribution < -0.4 is 14.8 Å². The van der Waals surface area contributed by atoms with Gasteiger partial charge >= 0.3 is 0 Å². The number of H-pyrrole nitrogens is 1. The Morgan fingerprint density at radius 3 is 2.70 bits per heavy atom. The lowest BCUT2D eigenvalue weighted by atomic mass is 10.2. The number of fused-ring (bicyclic) bond motifs is 1. The van der Waals surface area contributed by atoms with Crippen molar-refractivity contribution in [2.75, 3.05) is 19.5 Å². The Hall–Kier alpha value is -3.26.